The first-order valence-corrected chi connectivity index (χ1v) is 7.17. The smallest absolute Gasteiger partial charge is 0.343 e. The molecule has 8 heteroatoms. The number of carbonyl (C=O) groups is 1. The molecule has 0 fully saturated rings. The van der Waals surface area contributed by atoms with Gasteiger partial charge in [0.15, 0.2) is 0 Å². The van der Waals surface area contributed by atoms with Crippen LogP contribution in [-0.4, -0.2) is 27.2 Å². The Balaban J connectivity index is 2.36. The van der Waals surface area contributed by atoms with Crippen LogP contribution in [0.5, 0.6) is 0 Å². The lowest BCUT2D eigenvalue weighted by Gasteiger charge is -2.07. The Bertz CT molecular complexity index is 1040. The number of methoxy groups -OCH3 is 1. The number of rotatable bonds is 3. The highest BCUT2D eigenvalue weighted by molar-refractivity contribution is 6.08. The van der Waals surface area contributed by atoms with Crippen LogP contribution in [0.15, 0.2) is 39.9 Å². The summed E-state index contributed by atoms with van der Waals surface area (Å²) in [6.07, 6.45) is 0. The predicted octanol–water partition coefficient (Wildman–Crippen LogP) is 1.10. The minimum Gasteiger partial charge on any atom is -0.465 e. The van der Waals surface area contributed by atoms with E-state index >= 15 is 0 Å². The van der Waals surface area contributed by atoms with Crippen LogP contribution in [0.4, 0.5) is 11.5 Å². The second-order valence-corrected chi connectivity index (χ2v) is 5.29. The number of fused-ring (bicyclic) bond motifs is 1. The maximum absolute atomic E-state index is 12.4. The van der Waals surface area contributed by atoms with Gasteiger partial charge in [0.1, 0.15) is 16.9 Å². The average Bonchev–Trinajstić information content (AvgIpc) is 2.97. The summed E-state index contributed by atoms with van der Waals surface area (Å²) in [6, 6.07) is 9.14. The molecule has 0 aliphatic carbocycles. The van der Waals surface area contributed by atoms with Crippen molar-refractivity contribution >= 4 is 28.5 Å². The van der Waals surface area contributed by atoms with E-state index in [1.807, 2.05) is 30.3 Å². The highest BCUT2D eigenvalue weighted by Gasteiger charge is 2.24. The van der Waals surface area contributed by atoms with E-state index < -0.39 is 17.2 Å². The number of hydrogen-bond acceptors (Lipinski definition) is 5. The van der Waals surface area contributed by atoms with Crippen molar-refractivity contribution in [3.63, 3.8) is 0 Å². The van der Waals surface area contributed by atoms with Crippen LogP contribution < -0.4 is 16.6 Å². The van der Waals surface area contributed by atoms with E-state index in [1.54, 1.807) is 0 Å². The number of anilines is 2. The van der Waals surface area contributed by atoms with Crippen molar-refractivity contribution in [2.75, 3.05) is 12.4 Å². The highest BCUT2D eigenvalue weighted by atomic mass is 16.5. The summed E-state index contributed by atoms with van der Waals surface area (Å²) in [4.78, 5) is 39.7. The van der Waals surface area contributed by atoms with Gasteiger partial charge in [0.25, 0.3) is 5.56 Å². The first kappa shape index (κ1) is 15.6. The van der Waals surface area contributed by atoms with Crippen molar-refractivity contribution < 1.29 is 9.53 Å². The van der Waals surface area contributed by atoms with Crippen LogP contribution in [0.1, 0.15) is 10.4 Å². The fraction of sp³-hybridized carbons (Fsp3) is 0.188. The maximum Gasteiger partial charge on any atom is 0.343 e. The van der Waals surface area contributed by atoms with E-state index in [2.05, 4.69) is 10.3 Å². The van der Waals surface area contributed by atoms with Crippen LogP contribution >= 0.6 is 0 Å². The number of benzene rings is 1. The van der Waals surface area contributed by atoms with E-state index in [9.17, 15) is 14.4 Å². The number of nitrogens with one attached hydrogen (secondary N) is 2. The van der Waals surface area contributed by atoms with Gasteiger partial charge in [0.2, 0.25) is 0 Å². The number of aryl methyl sites for hydroxylation is 1. The Kier molecular flexibility index (Phi) is 3.72. The first-order valence-electron chi connectivity index (χ1n) is 7.17. The van der Waals surface area contributed by atoms with Gasteiger partial charge in [-0.3, -0.25) is 13.9 Å². The number of nitrogens with zero attached hydrogens (tertiary/aromatic N) is 2. The van der Waals surface area contributed by atoms with Crippen molar-refractivity contribution in [1.82, 2.24) is 14.1 Å². The third-order valence-corrected chi connectivity index (χ3v) is 3.83. The zero-order valence-corrected chi connectivity index (χ0v) is 13.4. The van der Waals surface area contributed by atoms with E-state index in [4.69, 9.17) is 4.74 Å². The van der Waals surface area contributed by atoms with Gasteiger partial charge in [-0.05, 0) is 12.1 Å². The van der Waals surface area contributed by atoms with Crippen molar-refractivity contribution in [3.8, 4) is 0 Å². The molecule has 0 aliphatic heterocycles. The third kappa shape index (κ3) is 2.28. The fourth-order valence-electron chi connectivity index (χ4n) is 2.62. The third-order valence-electron chi connectivity index (χ3n) is 3.83. The molecule has 124 valence electrons. The first-order chi connectivity index (χ1) is 11.5. The summed E-state index contributed by atoms with van der Waals surface area (Å²) in [5.74, 6) is -0.357. The monoisotopic (exact) mass is 328 g/mol. The fourth-order valence-corrected chi connectivity index (χ4v) is 2.62. The van der Waals surface area contributed by atoms with Gasteiger partial charge in [-0.25, -0.2) is 9.59 Å². The molecule has 2 aromatic heterocycles. The average molecular weight is 328 g/mol. The number of para-hydroxylation sites is 1. The molecule has 0 bridgehead atoms. The number of H-pyrrole nitrogens is 1. The van der Waals surface area contributed by atoms with E-state index in [0.717, 1.165) is 10.3 Å². The molecule has 1 aromatic carbocycles. The molecule has 0 aliphatic rings. The lowest BCUT2D eigenvalue weighted by Crippen LogP contribution is -2.37. The molecule has 0 atom stereocenters. The molecule has 0 radical (unpaired) electrons. The second kappa shape index (κ2) is 5.73. The Morgan fingerprint density at radius 2 is 1.79 bits per heavy atom. The topological polar surface area (TPSA) is 98.1 Å². The van der Waals surface area contributed by atoms with Crippen LogP contribution in [0.2, 0.25) is 0 Å². The number of esters is 1. The number of carbonyl (C=O) groups excluding carboxylic acids is 1. The summed E-state index contributed by atoms with van der Waals surface area (Å²) >= 11 is 0. The standard InChI is InChI=1S/C16H16N4O4/c1-19-12-10(15(22)24-3)13(17-9-7-5-4-6-8-9)18-11(12)14(21)20(2)16(19)23/h4-8,17-18H,1-3H3. The molecule has 0 amide bonds. The van der Waals surface area contributed by atoms with Gasteiger partial charge >= 0.3 is 11.7 Å². The Morgan fingerprint density at radius 3 is 2.42 bits per heavy atom. The summed E-state index contributed by atoms with van der Waals surface area (Å²) in [5.41, 5.74) is 0.138. The molecule has 0 saturated carbocycles. The minimum atomic E-state index is -0.650. The molecule has 0 unspecified atom stereocenters. The van der Waals surface area contributed by atoms with Crippen molar-refractivity contribution in [2.45, 2.75) is 0 Å². The van der Waals surface area contributed by atoms with Gasteiger partial charge in [-0.1, -0.05) is 18.2 Å². The lowest BCUT2D eigenvalue weighted by molar-refractivity contribution is 0.0603. The number of ether oxygens (including phenoxy) is 1. The molecule has 3 aromatic rings. The van der Waals surface area contributed by atoms with Crippen molar-refractivity contribution in [2.24, 2.45) is 14.1 Å². The Hall–Kier alpha value is -3.29. The Labute approximate surface area is 136 Å². The van der Waals surface area contributed by atoms with Crippen LogP contribution in [0, 0.1) is 0 Å². The lowest BCUT2D eigenvalue weighted by atomic mass is 10.2. The number of aromatic nitrogens is 3. The van der Waals surface area contributed by atoms with Crippen LogP contribution in [-0.2, 0) is 18.8 Å². The largest absolute Gasteiger partial charge is 0.465 e. The van der Waals surface area contributed by atoms with Gasteiger partial charge in [0.05, 0.1) is 12.6 Å². The quantitative estimate of drug-likeness (QED) is 0.702. The van der Waals surface area contributed by atoms with Gasteiger partial charge in [-0.2, -0.15) is 0 Å². The SMILES string of the molecule is COC(=O)c1c(Nc2ccccc2)[nH]c2c(=O)n(C)c(=O)n(C)c12. The molecule has 24 heavy (non-hydrogen) atoms. The van der Waals surface area contributed by atoms with Crippen molar-refractivity contribution in [3.05, 3.63) is 56.7 Å². The molecular weight excluding hydrogens is 312 g/mol. The predicted molar refractivity (Wildman–Crippen MR) is 89.8 cm³/mol. The van der Waals surface area contributed by atoms with Gasteiger partial charge in [0, 0.05) is 19.8 Å². The molecule has 2 N–H and O–H groups in total. The van der Waals surface area contributed by atoms with Crippen LogP contribution in [0.25, 0.3) is 11.0 Å². The Morgan fingerprint density at radius 1 is 1.12 bits per heavy atom. The normalized spacial score (nSPS) is 10.8. The van der Waals surface area contributed by atoms with Crippen molar-refractivity contribution in [1.29, 1.82) is 0 Å². The number of hydrogen-bond donors (Lipinski definition) is 2. The molecule has 0 spiro atoms. The van der Waals surface area contributed by atoms with E-state index in [1.165, 1.54) is 25.8 Å². The van der Waals surface area contributed by atoms with Gasteiger partial charge < -0.3 is 15.0 Å². The maximum atomic E-state index is 12.4. The molecule has 0 saturated heterocycles. The molecule has 8 nitrogen and oxygen atoms in total. The summed E-state index contributed by atoms with van der Waals surface area (Å²) in [5, 5.41) is 3.05. The minimum absolute atomic E-state index is 0.105. The molecular formula is C16H16N4O4. The zero-order chi connectivity index (χ0) is 17.4. The van der Waals surface area contributed by atoms with Gasteiger partial charge in [-0.15, -0.1) is 0 Å². The van der Waals surface area contributed by atoms with E-state index in [-0.39, 0.29) is 16.6 Å². The summed E-state index contributed by atoms with van der Waals surface area (Å²) in [7, 11) is 4.12. The van der Waals surface area contributed by atoms with Crippen LogP contribution in [0.3, 0.4) is 0 Å². The second-order valence-electron chi connectivity index (χ2n) is 5.29. The van der Waals surface area contributed by atoms with E-state index in [0.29, 0.717) is 5.82 Å². The number of aromatic amines is 1. The molecule has 3 rings (SSSR count). The summed E-state index contributed by atoms with van der Waals surface area (Å²) < 4.78 is 7.05. The summed E-state index contributed by atoms with van der Waals surface area (Å²) in [6.45, 7) is 0. The highest BCUT2D eigenvalue weighted by Crippen LogP contribution is 2.26. The zero-order valence-electron chi connectivity index (χ0n) is 13.4. The molecule has 2 heterocycles.